The van der Waals surface area contributed by atoms with Crippen molar-refractivity contribution < 1.29 is 14.2 Å². The summed E-state index contributed by atoms with van der Waals surface area (Å²) in [5, 5.41) is 13.7. The minimum Gasteiger partial charge on any atom is -0.494 e. The van der Waals surface area contributed by atoms with Gasteiger partial charge in [-0.25, -0.2) is 4.39 Å². The lowest BCUT2D eigenvalue weighted by Gasteiger charge is -2.41. The minimum atomic E-state index is -0.329. The molecule has 1 aromatic carbocycles. The zero-order valence-corrected chi connectivity index (χ0v) is 15.3. The van der Waals surface area contributed by atoms with Crippen molar-refractivity contribution in [3.63, 3.8) is 0 Å². The van der Waals surface area contributed by atoms with Gasteiger partial charge in [0.1, 0.15) is 0 Å². The van der Waals surface area contributed by atoms with E-state index in [1.54, 1.807) is 17.4 Å². The first-order valence-corrected chi connectivity index (χ1v) is 9.54. The largest absolute Gasteiger partial charge is 0.494 e. The molecule has 0 amide bonds. The normalized spacial score (nSPS) is 19.2. The average Bonchev–Trinajstić information content (AvgIpc) is 3.12. The lowest BCUT2D eigenvalue weighted by atomic mass is 10.1. The van der Waals surface area contributed by atoms with Gasteiger partial charge in [-0.05, 0) is 46.5 Å². The van der Waals surface area contributed by atoms with Gasteiger partial charge >= 0.3 is 0 Å². The maximum absolute atomic E-state index is 13.6. The first-order valence-electron chi connectivity index (χ1n) is 8.60. The van der Waals surface area contributed by atoms with E-state index in [-0.39, 0.29) is 12.4 Å². The number of piperazine rings is 1. The van der Waals surface area contributed by atoms with Crippen LogP contribution in [0.1, 0.15) is 17.5 Å². The van der Waals surface area contributed by atoms with Gasteiger partial charge < -0.3 is 9.84 Å². The summed E-state index contributed by atoms with van der Waals surface area (Å²) in [7, 11) is 1.49. The third-order valence-corrected chi connectivity index (χ3v) is 5.47. The van der Waals surface area contributed by atoms with Crippen LogP contribution in [-0.4, -0.2) is 54.3 Å². The van der Waals surface area contributed by atoms with Gasteiger partial charge in [-0.3, -0.25) is 9.80 Å². The molecule has 4 nitrogen and oxygen atoms in total. The Hall–Kier alpha value is -1.47. The van der Waals surface area contributed by atoms with Crippen LogP contribution in [0.15, 0.2) is 35.0 Å². The number of methoxy groups -OCH3 is 1. The smallest absolute Gasteiger partial charge is 0.165 e. The van der Waals surface area contributed by atoms with E-state index in [0.717, 1.165) is 44.7 Å². The number of thiophene rings is 1. The van der Waals surface area contributed by atoms with Crippen molar-refractivity contribution in [3.8, 4) is 5.75 Å². The molecule has 25 heavy (non-hydrogen) atoms. The van der Waals surface area contributed by atoms with Crippen LogP contribution in [0.4, 0.5) is 4.39 Å². The molecule has 3 rings (SSSR count). The minimum absolute atomic E-state index is 0.197. The van der Waals surface area contributed by atoms with Gasteiger partial charge in [-0.2, -0.15) is 11.3 Å². The molecule has 0 radical (unpaired) electrons. The van der Waals surface area contributed by atoms with Gasteiger partial charge in [-0.15, -0.1) is 0 Å². The van der Waals surface area contributed by atoms with E-state index in [9.17, 15) is 9.50 Å². The molecule has 1 aromatic heterocycles. The molecule has 1 aliphatic heterocycles. The van der Waals surface area contributed by atoms with Crippen LogP contribution in [0.3, 0.4) is 0 Å². The molecule has 0 spiro atoms. The summed E-state index contributed by atoms with van der Waals surface area (Å²) in [6, 6.07) is 7.55. The van der Waals surface area contributed by atoms with Crippen molar-refractivity contribution in [1.29, 1.82) is 0 Å². The van der Waals surface area contributed by atoms with Crippen molar-refractivity contribution in [2.24, 2.45) is 0 Å². The average molecular weight is 364 g/mol. The van der Waals surface area contributed by atoms with Crippen LogP contribution in [0.5, 0.6) is 5.75 Å². The number of ether oxygens (including phenoxy) is 1. The van der Waals surface area contributed by atoms with Crippen LogP contribution in [-0.2, 0) is 13.1 Å². The fourth-order valence-corrected chi connectivity index (χ4v) is 4.07. The van der Waals surface area contributed by atoms with E-state index in [4.69, 9.17) is 4.74 Å². The fraction of sp³-hybridized carbons (Fsp3) is 0.474. The van der Waals surface area contributed by atoms with Crippen LogP contribution in [0, 0.1) is 5.82 Å². The standard InChI is InChI=1S/C19H25FN2O2S/c1-24-19-10-15(2-3-18(19)20)11-21-6-7-22(17(13-21)4-8-23)12-16-5-9-25-14-16/h2-3,5,9-10,14,17,23H,4,6-8,11-13H2,1H3/t17-/m1/s1. The SMILES string of the molecule is COc1cc(CN2CCN(Cc3ccsc3)[C@H](CCO)C2)ccc1F. The topological polar surface area (TPSA) is 35.9 Å². The second kappa shape index (κ2) is 8.76. The molecule has 0 aliphatic carbocycles. The second-order valence-corrected chi connectivity index (χ2v) is 7.25. The Morgan fingerprint density at radius 2 is 2.12 bits per heavy atom. The number of nitrogens with zero attached hydrogens (tertiary/aromatic N) is 2. The number of halogens is 1. The molecule has 2 heterocycles. The summed E-state index contributed by atoms with van der Waals surface area (Å²) in [4.78, 5) is 4.83. The third kappa shape index (κ3) is 4.79. The molecule has 6 heteroatoms. The number of hydrogen-bond donors (Lipinski definition) is 1. The highest BCUT2D eigenvalue weighted by Crippen LogP contribution is 2.22. The van der Waals surface area contributed by atoms with E-state index in [1.807, 2.05) is 6.07 Å². The van der Waals surface area contributed by atoms with Gasteiger partial charge in [0.2, 0.25) is 0 Å². The Balaban J connectivity index is 1.63. The molecule has 136 valence electrons. The molecule has 2 aromatic rings. The summed E-state index contributed by atoms with van der Waals surface area (Å²) in [6.07, 6.45) is 0.771. The zero-order chi connectivity index (χ0) is 17.6. The van der Waals surface area contributed by atoms with Crippen molar-refractivity contribution >= 4 is 11.3 Å². The Bertz CT molecular complexity index is 665. The maximum atomic E-state index is 13.6. The maximum Gasteiger partial charge on any atom is 0.165 e. The molecule has 1 saturated heterocycles. The summed E-state index contributed by atoms with van der Waals surface area (Å²) < 4.78 is 18.6. The molecule has 0 bridgehead atoms. The van der Waals surface area contributed by atoms with Crippen molar-refractivity contribution in [2.45, 2.75) is 25.6 Å². The van der Waals surface area contributed by atoms with Gasteiger partial charge in [0.25, 0.3) is 0 Å². The number of aliphatic hydroxyl groups is 1. The highest BCUT2D eigenvalue weighted by atomic mass is 32.1. The molecular weight excluding hydrogens is 339 g/mol. The van der Waals surface area contributed by atoms with Crippen LogP contribution in [0.25, 0.3) is 0 Å². The molecule has 1 fully saturated rings. The van der Waals surface area contributed by atoms with Crippen LogP contribution in [0.2, 0.25) is 0 Å². The Morgan fingerprint density at radius 3 is 2.84 bits per heavy atom. The lowest BCUT2D eigenvalue weighted by molar-refractivity contribution is 0.0500. The number of aliphatic hydroxyl groups excluding tert-OH is 1. The quantitative estimate of drug-likeness (QED) is 0.819. The second-order valence-electron chi connectivity index (χ2n) is 6.47. The van der Waals surface area contributed by atoms with Crippen molar-refractivity contribution in [2.75, 3.05) is 33.4 Å². The van der Waals surface area contributed by atoms with Gasteiger partial charge in [0, 0.05) is 45.4 Å². The molecule has 1 atom stereocenters. The van der Waals surface area contributed by atoms with Crippen molar-refractivity contribution in [3.05, 3.63) is 52.0 Å². The van der Waals surface area contributed by atoms with Gasteiger partial charge in [0.15, 0.2) is 11.6 Å². The van der Waals surface area contributed by atoms with Gasteiger partial charge in [-0.1, -0.05) is 6.07 Å². The van der Waals surface area contributed by atoms with E-state index in [0.29, 0.717) is 11.8 Å². The first kappa shape index (κ1) is 18.3. The lowest BCUT2D eigenvalue weighted by Crippen LogP contribution is -2.52. The summed E-state index contributed by atoms with van der Waals surface area (Å²) in [5.74, 6) is -0.0366. The third-order valence-electron chi connectivity index (χ3n) is 4.74. The van der Waals surface area contributed by atoms with Crippen LogP contribution >= 0.6 is 11.3 Å². The number of benzene rings is 1. The zero-order valence-electron chi connectivity index (χ0n) is 14.5. The summed E-state index contributed by atoms with van der Waals surface area (Å²) >= 11 is 1.72. The summed E-state index contributed by atoms with van der Waals surface area (Å²) in [5.41, 5.74) is 2.39. The van der Waals surface area contributed by atoms with E-state index >= 15 is 0 Å². The predicted octanol–water partition coefficient (Wildman–Crippen LogP) is 2.96. The van der Waals surface area contributed by atoms with E-state index in [1.165, 1.54) is 18.7 Å². The molecule has 0 saturated carbocycles. The van der Waals surface area contributed by atoms with E-state index < -0.39 is 0 Å². The van der Waals surface area contributed by atoms with E-state index in [2.05, 4.69) is 26.6 Å². The first-order chi connectivity index (χ1) is 12.2. The van der Waals surface area contributed by atoms with Gasteiger partial charge in [0.05, 0.1) is 7.11 Å². The molecule has 1 aliphatic rings. The predicted molar refractivity (Wildman–Crippen MR) is 98.4 cm³/mol. The molecule has 1 N–H and O–H groups in total. The highest BCUT2D eigenvalue weighted by Gasteiger charge is 2.26. The van der Waals surface area contributed by atoms with Crippen LogP contribution < -0.4 is 4.74 Å². The summed E-state index contributed by atoms with van der Waals surface area (Å²) in [6.45, 7) is 4.75. The molecular formula is C19H25FN2O2S. The Kier molecular flexibility index (Phi) is 6.42. The highest BCUT2D eigenvalue weighted by molar-refractivity contribution is 7.07. The Labute approximate surface area is 152 Å². The fourth-order valence-electron chi connectivity index (χ4n) is 3.41. The monoisotopic (exact) mass is 364 g/mol. The number of rotatable bonds is 7. The van der Waals surface area contributed by atoms with Crippen molar-refractivity contribution in [1.82, 2.24) is 9.80 Å². The molecule has 0 unspecified atom stereocenters. The Morgan fingerprint density at radius 1 is 1.24 bits per heavy atom. The number of hydrogen-bond acceptors (Lipinski definition) is 5.